The molecule has 2 N–H and O–H groups in total. The van der Waals surface area contributed by atoms with E-state index in [4.69, 9.17) is 0 Å². The van der Waals surface area contributed by atoms with E-state index in [-0.39, 0.29) is 17.6 Å². The molecule has 1 aromatic heterocycles. The summed E-state index contributed by atoms with van der Waals surface area (Å²) in [5.74, 6) is 0.855. The van der Waals surface area contributed by atoms with Gasteiger partial charge in [0.2, 0.25) is 5.91 Å². The first-order valence-corrected chi connectivity index (χ1v) is 10.8. The van der Waals surface area contributed by atoms with Gasteiger partial charge in [-0.25, -0.2) is 4.98 Å². The van der Waals surface area contributed by atoms with E-state index in [1.54, 1.807) is 25.1 Å². The van der Waals surface area contributed by atoms with Crippen LogP contribution in [0.25, 0.3) is 22.4 Å². The minimum Gasteiger partial charge on any atom is -0.348 e. The van der Waals surface area contributed by atoms with Crippen LogP contribution in [-0.2, 0) is 4.79 Å². The summed E-state index contributed by atoms with van der Waals surface area (Å²) >= 11 is 1.36. The van der Waals surface area contributed by atoms with Crippen molar-refractivity contribution in [2.24, 2.45) is 0 Å². The molecule has 4 rings (SSSR count). The van der Waals surface area contributed by atoms with Crippen LogP contribution in [0, 0.1) is 0 Å². The molecule has 0 atom stereocenters. The molecular formula is C24H22N4O2S. The zero-order chi connectivity index (χ0) is 21.8. The molecule has 0 radical (unpaired) electrons. The number of hydrogen-bond acceptors (Lipinski definition) is 4. The lowest BCUT2D eigenvalue weighted by molar-refractivity contribution is -0.125. The highest BCUT2D eigenvalue weighted by atomic mass is 32.2. The number of aromatic amines is 1. The number of carbonyl (C=O) groups is 2. The van der Waals surface area contributed by atoms with Crippen LogP contribution in [0.1, 0.15) is 10.4 Å². The SMILES string of the molecule is CN(C)C(=O)CSc1ccccc1C(=O)Nc1ccc(-c2nc3ccccc3[nH]2)cc1. The molecule has 0 saturated carbocycles. The molecule has 0 saturated heterocycles. The summed E-state index contributed by atoms with van der Waals surface area (Å²) in [6.07, 6.45) is 0. The number of carbonyl (C=O) groups excluding carboxylic acids is 2. The van der Waals surface area contributed by atoms with E-state index in [1.165, 1.54) is 11.8 Å². The highest BCUT2D eigenvalue weighted by Gasteiger charge is 2.14. The third-order valence-electron chi connectivity index (χ3n) is 4.79. The van der Waals surface area contributed by atoms with Crippen LogP contribution in [0.2, 0.25) is 0 Å². The Hall–Kier alpha value is -3.58. The lowest BCUT2D eigenvalue weighted by atomic mass is 10.1. The van der Waals surface area contributed by atoms with Crippen LogP contribution >= 0.6 is 11.8 Å². The molecule has 1 heterocycles. The topological polar surface area (TPSA) is 78.1 Å². The van der Waals surface area contributed by atoms with E-state index in [2.05, 4.69) is 15.3 Å². The summed E-state index contributed by atoms with van der Waals surface area (Å²) in [7, 11) is 3.44. The minimum atomic E-state index is -0.211. The molecule has 4 aromatic rings. The van der Waals surface area contributed by atoms with Crippen molar-refractivity contribution in [3.63, 3.8) is 0 Å². The van der Waals surface area contributed by atoms with E-state index in [9.17, 15) is 9.59 Å². The Balaban J connectivity index is 1.47. The average Bonchev–Trinajstić information content (AvgIpc) is 3.22. The van der Waals surface area contributed by atoms with Crippen molar-refractivity contribution < 1.29 is 9.59 Å². The van der Waals surface area contributed by atoms with Gasteiger partial charge in [-0.3, -0.25) is 9.59 Å². The number of benzene rings is 3. The molecule has 0 aliphatic rings. The second kappa shape index (κ2) is 9.06. The van der Waals surface area contributed by atoms with Crippen molar-refractivity contribution in [1.82, 2.24) is 14.9 Å². The van der Waals surface area contributed by atoms with Gasteiger partial charge in [0.15, 0.2) is 0 Å². The lowest BCUT2D eigenvalue weighted by Gasteiger charge is -2.12. The standard InChI is InChI=1S/C24H22N4O2S/c1-28(2)22(29)15-31-21-10-6-3-7-18(21)24(30)25-17-13-11-16(12-14-17)23-26-19-8-4-5-9-20(19)27-23/h3-14H,15H2,1-2H3,(H,25,30)(H,26,27). The molecule has 6 nitrogen and oxygen atoms in total. The Morgan fingerprint density at radius 2 is 1.68 bits per heavy atom. The quantitative estimate of drug-likeness (QED) is 0.436. The van der Waals surface area contributed by atoms with Gasteiger partial charge in [-0.15, -0.1) is 11.8 Å². The molecule has 7 heteroatoms. The summed E-state index contributed by atoms with van der Waals surface area (Å²) in [6, 6.07) is 22.7. The molecule has 156 valence electrons. The maximum atomic E-state index is 12.8. The maximum Gasteiger partial charge on any atom is 0.256 e. The van der Waals surface area contributed by atoms with Crippen LogP contribution < -0.4 is 5.32 Å². The number of amides is 2. The molecule has 0 unspecified atom stereocenters. The monoisotopic (exact) mass is 430 g/mol. The van der Waals surface area contributed by atoms with Crippen LogP contribution in [0.5, 0.6) is 0 Å². The number of thioether (sulfide) groups is 1. The Bertz CT molecular complexity index is 1200. The summed E-state index contributed by atoms with van der Waals surface area (Å²) in [4.78, 5) is 35.0. The fourth-order valence-electron chi connectivity index (χ4n) is 3.05. The van der Waals surface area contributed by atoms with Gasteiger partial charge in [-0.1, -0.05) is 24.3 Å². The first-order chi connectivity index (χ1) is 15.0. The van der Waals surface area contributed by atoms with E-state index >= 15 is 0 Å². The highest BCUT2D eigenvalue weighted by molar-refractivity contribution is 8.00. The second-order valence-corrected chi connectivity index (χ2v) is 8.22. The normalized spacial score (nSPS) is 10.8. The first kappa shape index (κ1) is 20.7. The van der Waals surface area contributed by atoms with E-state index < -0.39 is 0 Å². The third-order valence-corrected chi connectivity index (χ3v) is 5.85. The van der Waals surface area contributed by atoms with Crippen molar-refractivity contribution in [1.29, 1.82) is 0 Å². The van der Waals surface area contributed by atoms with Gasteiger partial charge in [0.25, 0.3) is 5.91 Å². The molecule has 0 aliphatic carbocycles. The molecule has 0 aliphatic heterocycles. The smallest absolute Gasteiger partial charge is 0.256 e. The third kappa shape index (κ3) is 4.78. The molecule has 31 heavy (non-hydrogen) atoms. The van der Waals surface area contributed by atoms with Crippen LogP contribution in [-0.4, -0.2) is 46.5 Å². The van der Waals surface area contributed by atoms with Gasteiger partial charge in [-0.2, -0.15) is 0 Å². The molecular weight excluding hydrogens is 408 g/mol. The molecule has 3 aromatic carbocycles. The lowest BCUT2D eigenvalue weighted by Crippen LogP contribution is -2.23. The number of nitrogens with zero attached hydrogens (tertiary/aromatic N) is 2. The Kier molecular flexibility index (Phi) is 6.04. The number of H-pyrrole nitrogens is 1. The van der Waals surface area contributed by atoms with Crippen molar-refractivity contribution in [2.75, 3.05) is 25.2 Å². The van der Waals surface area contributed by atoms with E-state index in [0.717, 1.165) is 27.3 Å². The van der Waals surface area contributed by atoms with Crippen molar-refractivity contribution in [2.45, 2.75) is 4.90 Å². The predicted octanol–water partition coefficient (Wildman–Crippen LogP) is 4.66. The summed E-state index contributed by atoms with van der Waals surface area (Å²) in [5, 5.41) is 2.94. The zero-order valence-electron chi connectivity index (χ0n) is 17.3. The number of fused-ring (bicyclic) bond motifs is 1. The largest absolute Gasteiger partial charge is 0.348 e. The van der Waals surface area contributed by atoms with Crippen LogP contribution in [0.4, 0.5) is 5.69 Å². The van der Waals surface area contributed by atoms with Crippen LogP contribution in [0.15, 0.2) is 77.7 Å². The molecule has 2 amide bonds. The highest BCUT2D eigenvalue weighted by Crippen LogP contribution is 2.25. The Morgan fingerprint density at radius 1 is 0.968 bits per heavy atom. The number of rotatable bonds is 6. The second-order valence-electron chi connectivity index (χ2n) is 7.21. The van der Waals surface area contributed by atoms with Gasteiger partial charge in [0, 0.05) is 30.2 Å². The summed E-state index contributed by atoms with van der Waals surface area (Å²) < 4.78 is 0. The van der Waals surface area contributed by atoms with Gasteiger partial charge in [-0.05, 0) is 48.5 Å². The minimum absolute atomic E-state index is 0.00128. The van der Waals surface area contributed by atoms with Gasteiger partial charge in [0.1, 0.15) is 5.82 Å². The van der Waals surface area contributed by atoms with Crippen LogP contribution in [0.3, 0.4) is 0 Å². The number of nitrogens with one attached hydrogen (secondary N) is 2. The number of aromatic nitrogens is 2. The van der Waals surface area contributed by atoms with Crippen molar-refractivity contribution in [3.8, 4) is 11.4 Å². The summed E-state index contributed by atoms with van der Waals surface area (Å²) in [6.45, 7) is 0. The van der Waals surface area contributed by atoms with Crippen molar-refractivity contribution >= 4 is 40.3 Å². The van der Waals surface area contributed by atoms with Gasteiger partial charge < -0.3 is 15.2 Å². The fraction of sp³-hybridized carbons (Fsp3) is 0.125. The van der Waals surface area contributed by atoms with Gasteiger partial charge in [0.05, 0.1) is 22.3 Å². The summed E-state index contributed by atoms with van der Waals surface area (Å²) in [5.41, 5.74) is 4.07. The van der Waals surface area contributed by atoms with E-state index in [0.29, 0.717) is 11.3 Å². The number of hydrogen-bond donors (Lipinski definition) is 2. The van der Waals surface area contributed by atoms with Gasteiger partial charge >= 0.3 is 0 Å². The predicted molar refractivity (Wildman–Crippen MR) is 125 cm³/mol. The Labute approximate surface area is 184 Å². The van der Waals surface area contributed by atoms with E-state index in [1.807, 2.05) is 66.7 Å². The molecule has 0 spiro atoms. The number of para-hydroxylation sites is 2. The Morgan fingerprint density at radius 3 is 2.42 bits per heavy atom. The fourth-order valence-corrected chi connectivity index (χ4v) is 4.08. The van der Waals surface area contributed by atoms with Crippen molar-refractivity contribution in [3.05, 3.63) is 78.4 Å². The molecule has 0 bridgehead atoms. The number of imidazole rings is 1. The maximum absolute atomic E-state index is 12.8. The number of anilines is 1. The molecule has 0 fully saturated rings. The first-order valence-electron chi connectivity index (χ1n) is 9.80. The zero-order valence-corrected chi connectivity index (χ0v) is 18.1. The average molecular weight is 431 g/mol.